The van der Waals surface area contributed by atoms with Crippen LogP contribution in [0.5, 0.6) is 5.75 Å². The van der Waals surface area contributed by atoms with Crippen molar-refractivity contribution in [2.45, 2.75) is 39.5 Å². The number of carbonyl (C=O) groups is 1. The van der Waals surface area contributed by atoms with E-state index in [1.54, 1.807) is 0 Å². The summed E-state index contributed by atoms with van der Waals surface area (Å²) in [5.74, 6) is 1.55. The number of rotatable bonds is 7. The van der Waals surface area contributed by atoms with Gasteiger partial charge in [0.15, 0.2) is 5.82 Å². The molecule has 0 saturated heterocycles. The Balaban J connectivity index is 1.50. The second kappa shape index (κ2) is 8.93. The van der Waals surface area contributed by atoms with Gasteiger partial charge in [0.2, 0.25) is 11.1 Å². The molecule has 0 aliphatic carbocycles. The van der Waals surface area contributed by atoms with E-state index in [2.05, 4.69) is 32.6 Å². The van der Waals surface area contributed by atoms with Gasteiger partial charge in [-0.1, -0.05) is 47.2 Å². The highest BCUT2D eigenvalue weighted by Gasteiger charge is 2.11. The Labute approximate surface area is 169 Å². The van der Waals surface area contributed by atoms with Crippen LogP contribution in [0.1, 0.15) is 28.1 Å². The minimum absolute atomic E-state index is 0.0812. The van der Waals surface area contributed by atoms with Crippen LogP contribution in [0, 0.1) is 27.7 Å². The van der Waals surface area contributed by atoms with Gasteiger partial charge in [-0.25, -0.2) is 4.98 Å². The van der Waals surface area contributed by atoms with E-state index in [1.165, 1.54) is 22.9 Å². The molecule has 7 heteroatoms. The highest BCUT2D eigenvalue weighted by molar-refractivity contribution is 7.99. The Morgan fingerprint density at radius 2 is 1.75 bits per heavy atom. The molecule has 0 aliphatic rings. The first-order valence-electron chi connectivity index (χ1n) is 9.02. The van der Waals surface area contributed by atoms with Gasteiger partial charge in [0.05, 0.1) is 5.75 Å². The van der Waals surface area contributed by atoms with E-state index in [9.17, 15) is 4.79 Å². The number of thioether (sulfide) groups is 1. The highest BCUT2D eigenvalue weighted by atomic mass is 32.2. The number of hydrogen-bond acceptors (Lipinski definition) is 5. The number of amides is 1. The number of anilines is 1. The smallest absolute Gasteiger partial charge is 0.234 e. The molecule has 146 valence electrons. The van der Waals surface area contributed by atoms with Gasteiger partial charge in [0.1, 0.15) is 12.4 Å². The number of ether oxygens (including phenoxy) is 1. The SMILES string of the molecule is Cc1ccc(OCc2nc(SCC(=O)Nc3c(C)cc(C)cc3C)n[nH]2)cc1. The minimum atomic E-state index is -0.0812. The molecule has 0 bridgehead atoms. The van der Waals surface area contributed by atoms with Crippen LogP contribution in [-0.4, -0.2) is 26.8 Å². The van der Waals surface area contributed by atoms with Crippen molar-refractivity contribution < 1.29 is 9.53 Å². The van der Waals surface area contributed by atoms with Crippen molar-refractivity contribution in [1.29, 1.82) is 0 Å². The zero-order valence-electron chi connectivity index (χ0n) is 16.5. The largest absolute Gasteiger partial charge is 0.486 e. The van der Waals surface area contributed by atoms with Crippen molar-refractivity contribution in [2.75, 3.05) is 11.1 Å². The van der Waals surface area contributed by atoms with Crippen LogP contribution in [0.4, 0.5) is 5.69 Å². The fraction of sp³-hybridized carbons (Fsp3) is 0.286. The third-order valence-corrected chi connectivity index (χ3v) is 5.03. The molecule has 2 aromatic carbocycles. The Morgan fingerprint density at radius 1 is 1.07 bits per heavy atom. The third kappa shape index (κ3) is 5.36. The van der Waals surface area contributed by atoms with Gasteiger partial charge in [-0.3, -0.25) is 9.89 Å². The van der Waals surface area contributed by atoms with Crippen LogP contribution in [0.25, 0.3) is 0 Å². The molecule has 28 heavy (non-hydrogen) atoms. The number of aromatic amines is 1. The maximum atomic E-state index is 12.3. The number of carbonyl (C=O) groups excluding carboxylic acids is 1. The molecule has 3 rings (SSSR count). The summed E-state index contributed by atoms with van der Waals surface area (Å²) < 4.78 is 5.68. The molecule has 2 N–H and O–H groups in total. The number of nitrogens with zero attached hydrogens (tertiary/aromatic N) is 2. The molecular weight excluding hydrogens is 372 g/mol. The molecule has 0 aliphatic heterocycles. The number of hydrogen-bond donors (Lipinski definition) is 2. The zero-order valence-corrected chi connectivity index (χ0v) is 17.3. The van der Waals surface area contributed by atoms with Gasteiger partial charge in [-0.2, -0.15) is 0 Å². The number of benzene rings is 2. The first-order chi connectivity index (χ1) is 13.4. The average molecular weight is 397 g/mol. The second-order valence-corrected chi connectivity index (χ2v) is 7.72. The maximum absolute atomic E-state index is 12.3. The molecule has 1 amide bonds. The summed E-state index contributed by atoms with van der Waals surface area (Å²) in [7, 11) is 0. The van der Waals surface area contributed by atoms with E-state index in [0.29, 0.717) is 17.6 Å². The monoisotopic (exact) mass is 396 g/mol. The van der Waals surface area contributed by atoms with Crippen LogP contribution >= 0.6 is 11.8 Å². The van der Waals surface area contributed by atoms with E-state index in [4.69, 9.17) is 4.74 Å². The van der Waals surface area contributed by atoms with E-state index >= 15 is 0 Å². The lowest BCUT2D eigenvalue weighted by Gasteiger charge is -2.12. The normalized spacial score (nSPS) is 10.7. The van der Waals surface area contributed by atoms with Gasteiger partial charge in [-0.15, -0.1) is 5.10 Å². The Hall–Kier alpha value is -2.80. The summed E-state index contributed by atoms with van der Waals surface area (Å²) in [5.41, 5.74) is 5.36. The van der Waals surface area contributed by atoms with E-state index in [0.717, 1.165) is 22.6 Å². The molecule has 0 spiro atoms. The molecule has 0 atom stereocenters. The number of H-pyrrole nitrogens is 1. The summed E-state index contributed by atoms with van der Waals surface area (Å²) in [4.78, 5) is 16.7. The topological polar surface area (TPSA) is 79.9 Å². The summed E-state index contributed by atoms with van der Waals surface area (Å²) in [6.45, 7) is 8.37. The predicted molar refractivity (Wildman–Crippen MR) is 112 cm³/mol. The van der Waals surface area contributed by atoms with Crippen LogP contribution in [0.3, 0.4) is 0 Å². The maximum Gasteiger partial charge on any atom is 0.234 e. The summed E-state index contributed by atoms with van der Waals surface area (Å²) in [5, 5.41) is 10.5. The van der Waals surface area contributed by atoms with E-state index in [1.807, 2.05) is 52.0 Å². The van der Waals surface area contributed by atoms with Gasteiger partial charge in [0, 0.05) is 5.69 Å². The van der Waals surface area contributed by atoms with Crippen LogP contribution in [0.2, 0.25) is 0 Å². The standard InChI is InChI=1S/C21H24N4O2S/c1-13-5-7-17(8-6-13)27-11-18-22-21(25-24-18)28-12-19(26)23-20-15(3)9-14(2)10-16(20)4/h5-10H,11-12H2,1-4H3,(H,23,26)(H,22,24,25). The zero-order chi connectivity index (χ0) is 20.1. The Kier molecular flexibility index (Phi) is 6.36. The lowest BCUT2D eigenvalue weighted by atomic mass is 10.1. The summed E-state index contributed by atoms with van der Waals surface area (Å²) in [6, 6.07) is 11.9. The molecule has 0 saturated carbocycles. The lowest BCUT2D eigenvalue weighted by Crippen LogP contribution is -2.16. The van der Waals surface area contributed by atoms with Crippen molar-refractivity contribution in [2.24, 2.45) is 0 Å². The molecule has 3 aromatic rings. The number of aromatic nitrogens is 3. The first kappa shape index (κ1) is 19.9. The molecule has 0 radical (unpaired) electrons. The second-order valence-electron chi connectivity index (χ2n) is 6.78. The molecule has 0 unspecified atom stereocenters. The molecule has 0 fully saturated rings. The first-order valence-corrected chi connectivity index (χ1v) is 10.0. The fourth-order valence-electron chi connectivity index (χ4n) is 2.88. The quantitative estimate of drug-likeness (QED) is 0.581. The molecule has 6 nitrogen and oxygen atoms in total. The lowest BCUT2D eigenvalue weighted by molar-refractivity contribution is -0.113. The Bertz CT molecular complexity index is 944. The van der Waals surface area contributed by atoms with E-state index in [-0.39, 0.29) is 11.7 Å². The average Bonchev–Trinajstić information content (AvgIpc) is 3.10. The van der Waals surface area contributed by atoms with Crippen LogP contribution in [0.15, 0.2) is 41.6 Å². The van der Waals surface area contributed by atoms with Crippen molar-refractivity contribution >= 4 is 23.4 Å². The van der Waals surface area contributed by atoms with Gasteiger partial charge < -0.3 is 10.1 Å². The van der Waals surface area contributed by atoms with Crippen molar-refractivity contribution in [3.05, 3.63) is 64.5 Å². The molecular formula is C21H24N4O2S. The molecule has 1 aromatic heterocycles. The number of nitrogens with one attached hydrogen (secondary N) is 2. The van der Waals surface area contributed by atoms with Crippen LogP contribution < -0.4 is 10.1 Å². The predicted octanol–water partition coefficient (Wildman–Crippen LogP) is 4.35. The summed E-state index contributed by atoms with van der Waals surface area (Å²) >= 11 is 1.29. The highest BCUT2D eigenvalue weighted by Crippen LogP contribution is 2.22. The van der Waals surface area contributed by atoms with Crippen molar-refractivity contribution in [3.63, 3.8) is 0 Å². The third-order valence-electron chi connectivity index (χ3n) is 4.18. The van der Waals surface area contributed by atoms with E-state index < -0.39 is 0 Å². The number of aryl methyl sites for hydroxylation is 4. The van der Waals surface area contributed by atoms with Gasteiger partial charge >= 0.3 is 0 Å². The molecule has 1 heterocycles. The van der Waals surface area contributed by atoms with Crippen LogP contribution in [-0.2, 0) is 11.4 Å². The van der Waals surface area contributed by atoms with Crippen molar-refractivity contribution in [1.82, 2.24) is 15.2 Å². The van der Waals surface area contributed by atoms with Gasteiger partial charge in [0.25, 0.3) is 0 Å². The van der Waals surface area contributed by atoms with Crippen molar-refractivity contribution in [3.8, 4) is 5.75 Å². The summed E-state index contributed by atoms with van der Waals surface area (Å²) in [6.07, 6.45) is 0. The fourth-order valence-corrected chi connectivity index (χ4v) is 3.49. The Morgan fingerprint density at radius 3 is 2.43 bits per heavy atom. The van der Waals surface area contributed by atoms with Gasteiger partial charge in [-0.05, 0) is 51.0 Å². The minimum Gasteiger partial charge on any atom is -0.486 e.